The third-order valence-corrected chi connectivity index (χ3v) is 32.6. The summed E-state index contributed by atoms with van der Waals surface area (Å²) in [4.78, 5) is 81.3. The zero-order valence-corrected chi connectivity index (χ0v) is 88.4. The molecule has 0 fully saturated rings. The zero-order valence-electron chi connectivity index (χ0n) is 72.5. The fourth-order valence-corrected chi connectivity index (χ4v) is 22.8. The predicted octanol–water partition coefficient (Wildman–Crippen LogP) is 19.7. The molecule has 39 heteroatoms. The Morgan fingerprint density at radius 1 is 0.274 bits per heavy atom. The maximum Gasteiger partial charge on any atom is 0.224 e. The highest BCUT2D eigenvalue weighted by atomic mass is 35.5. The van der Waals surface area contributed by atoms with Gasteiger partial charge in [0, 0.05) is 168 Å². The Labute approximate surface area is 827 Å². The Balaban J connectivity index is 0.000000745. The van der Waals surface area contributed by atoms with E-state index < -0.39 is 0 Å². The number of amides is 6. The molecule has 0 spiro atoms. The minimum absolute atomic E-state index is 0.00674. The van der Waals surface area contributed by atoms with Gasteiger partial charge in [-0.15, -0.1) is 0 Å². The number of rotatable bonds is 56. The Morgan fingerprint density at radius 3 is 0.815 bits per heavy atom. The Hall–Kier alpha value is -1.65. The molecule has 0 saturated carbocycles. The summed E-state index contributed by atoms with van der Waals surface area (Å²) in [5.41, 5.74) is 10.7. The van der Waals surface area contributed by atoms with Gasteiger partial charge in [-0.1, -0.05) is 277 Å². The van der Waals surface area contributed by atoms with E-state index in [1.165, 1.54) is 12.1 Å². The number of hydrogen-bond acceptors (Lipinski definition) is 24. The monoisotopic (exact) mass is 2090 g/mol. The van der Waals surface area contributed by atoms with Gasteiger partial charge in [-0.05, 0) is 196 Å². The summed E-state index contributed by atoms with van der Waals surface area (Å²) >= 11 is 47.0. The molecule has 0 heterocycles. The molecule has 0 radical (unpaired) electrons. The van der Waals surface area contributed by atoms with E-state index in [9.17, 15) is 33.2 Å². The summed E-state index contributed by atoms with van der Waals surface area (Å²) in [6.45, 7) is 10.3. The average Bonchev–Trinajstić information content (AvgIpc) is 1.52. The van der Waals surface area contributed by atoms with Gasteiger partial charge in [0.25, 0.3) is 0 Å². The minimum Gasteiger partial charge on any atom is -0.356 e. The number of nitrogens with zero attached hydrogens (tertiary/aromatic N) is 5. The molecule has 6 aromatic rings. The van der Waals surface area contributed by atoms with Crippen LogP contribution in [-0.4, -0.2) is 278 Å². The highest BCUT2D eigenvalue weighted by Crippen LogP contribution is 2.28. The molecule has 18 nitrogen and oxygen atoms in total. The summed E-state index contributed by atoms with van der Waals surface area (Å²) in [5, 5.41) is 21.9. The van der Waals surface area contributed by atoms with Crippen molar-refractivity contribution in [2.75, 3.05) is 218 Å². The topological polar surface area (TPSA) is 217 Å². The molecule has 0 saturated heterocycles. The third-order valence-electron chi connectivity index (χ3n) is 15.4. The first-order chi connectivity index (χ1) is 59.3. The molecular formula is C85H125Cl8FN12O6S12. The van der Waals surface area contributed by atoms with Crippen LogP contribution in [0.5, 0.6) is 0 Å². The van der Waals surface area contributed by atoms with Crippen molar-refractivity contribution >= 4 is 258 Å². The van der Waals surface area contributed by atoms with Crippen molar-refractivity contribution in [3.05, 3.63) is 207 Å². The molecule has 696 valence electrons. The third kappa shape index (κ3) is 73.9. The minimum atomic E-state index is -0.275. The predicted molar refractivity (Wildman–Crippen MR) is 564 cm³/mol. The highest BCUT2D eigenvalue weighted by Gasteiger charge is 2.12. The smallest absolute Gasteiger partial charge is 0.224 e. The van der Waals surface area contributed by atoms with Gasteiger partial charge in [0.15, 0.2) is 0 Å². The first-order valence-corrected chi connectivity index (χ1v) is 57.8. The molecule has 0 bridgehead atoms. The second-order valence-corrected chi connectivity index (χ2v) is 47.6. The van der Waals surface area contributed by atoms with Gasteiger partial charge in [-0.25, -0.2) is 4.39 Å². The SMILES string of the molecule is CN(C)CCSSCCCNC(=O)Cc1ccc(Cl)c(Cl)c1.CN(C)CCSSCCCNC(=O)Cc1ccc(Cl)cc1.CN(C)CCSSCCCNC(=O)Cc1ccc(F)cc1.CN(C)CCSSCCNC(=O)Cc1ccc(Cl)c(Cl)c1.CN(C)CCSSCCNC(=O)Cc1ccc(Cl)cc1Cl.NCCSSCCNC(=O)Cc1ccc(Cl)cc1. The standard InChI is InChI=1S/C15H22Cl2N2OS2.C15H23ClN2OS2.C15H23FN2OS2.2C14H20Cl2N2OS2.C12H17ClN2OS2/c1-19(2)7-9-22-21-8-3-6-18-15(20)11-12-4-5-13(16)14(17)10-12;2*1-18(2)9-11-21-20-10-3-8-17-15(19)12-13-4-6-14(16)7-5-13;1-18(2)6-8-21-20-7-5-17-14(19)9-11-3-4-12(15)10-13(11)16;1-18(2)6-8-21-20-7-5-17-14(19)10-11-3-4-12(15)13(16)9-11;13-11-3-1-10(2-4-11)9-12(16)15-6-8-18-17-7-5-14/h4-5,10H,3,6-9,11H2,1-2H3,(H,18,20);2*4-7H,3,8-12H2,1-2H3,(H,17,19);3-4,10H,5-9H2,1-2H3,(H,17,19);3-4,9H,5-8,10H2,1-2H3,(H,17,19);1-4H,5-9,14H2,(H,15,16). The van der Waals surface area contributed by atoms with Gasteiger partial charge in [-0.2, -0.15) is 0 Å². The van der Waals surface area contributed by atoms with E-state index in [1.54, 1.807) is 110 Å². The van der Waals surface area contributed by atoms with Crippen LogP contribution in [-0.2, 0) is 67.3 Å². The lowest BCUT2D eigenvalue weighted by molar-refractivity contribution is -0.121. The van der Waals surface area contributed by atoms with Gasteiger partial charge < -0.3 is 62.1 Å². The highest BCUT2D eigenvalue weighted by molar-refractivity contribution is 8.78. The van der Waals surface area contributed by atoms with Crippen molar-refractivity contribution < 1.29 is 33.2 Å². The number of carbonyl (C=O) groups is 6. The van der Waals surface area contributed by atoms with Gasteiger partial charge in [0.05, 0.1) is 58.6 Å². The van der Waals surface area contributed by atoms with Gasteiger partial charge in [0.1, 0.15) is 5.82 Å². The molecule has 0 aromatic heterocycles. The number of hydrogen-bond donors (Lipinski definition) is 7. The van der Waals surface area contributed by atoms with Crippen LogP contribution in [0.15, 0.2) is 127 Å². The normalized spacial score (nSPS) is 10.8. The van der Waals surface area contributed by atoms with E-state index in [0.717, 1.165) is 161 Å². The molecule has 0 aliphatic carbocycles. The Kier molecular flexibility index (Phi) is 77.5. The van der Waals surface area contributed by atoms with Crippen LogP contribution >= 0.6 is 222 Å². The van der Waals surface area contributed by atoms with Crippen LogP contribution in [0.25, 0.3) is 0 Å². The molecule has 8 N–H and O–H groups in total. The van der Waals surface area contributed by atoms with Crippen LogP contribution in [0.2, 0.25) is 40.2 Å². The molecule has 6 aromatic carbocycles. The lowest BCUT2D eigenvalue weighted by Crippen LogP contribution is -2.27. The van der Waals surface area contributed by atoms with E-state index in [1.807, 2.05) is 135 Å². The molecule has 124 heavy (non-hydrogen) atoms. The number of nitrogens with two attached hydrogens (primary N) is 1. The Bertz CT molecular complexity index is 3750. The number of benzene rings is 6. The number of nitrogens with one attached hydrogen (secondary N) is 6. The summed E-state index contributed by atoms with van der Waals surface area (Å²) in [7, 11) is 42.7. The average molecular weight is 2100 g/mol. The fourth-order valence-electron chi connectivity index (χ4n) is 8.87. The molecule has 0 aliphatic rings. The van der Waals surface area contributed by atoms with E-state index in [2.05, 4.69) is 127 Å². The van der Waals surface area contributed by atoms with Crippen molar-refractivity contribution in [1.82, 2.24) is 56.4 Å². The number of halogens is 9. The maximum absolute atomic E-state index is 12.7. The van der Waals surface area contributed by atoms with Crippen LogP contribution in [0, 0.1) is 5.82 Å². The molecular weight excluding hydrogens is 1970 g/mol. The summed E-state index contributed by atoms with van der Waals surface area (Å²) in [5.74, 6) is 12.2. The lowest BCUT2D eigenvalue weighted by atomic mass is 10.1. The summed E-state index contributed by atoms with van der Waals surface area (Å²) in [6.07, 6.45) is 5.03. The van der Waals surface area contributed by atoms with E-state index in [4.69, 9.17) is 98.5 Å². The fraction of sp³-hybridized carbons (Fsp3) is 0.506. The summed E-state index contributed by atoms with van der Waals surface area (Å²) in [6, 6.07) is 36.5. The van der Waals surface area contributed by atoms with Crippen molar-refractivity contribution in [2.45, 2.75) is 57.8 Å². The van der Waals surface area contributed by atoms with Crippen LogP contribution in [0.1, 0.15) is 52.6 Å². The second-order valence-electron chi connectivity index (χ2n) is 28.0. The molecule has 0 atom stereocenters. The first kappa shape index (κ1) is 120. The van der Waals surface area contributed by atoms with E-state index in [-0.39, 0.29) is 47.7 Å². The van der Waals surface area contributed by atoms with Crippen LogP contribution < -0.4 is 37.6 Å². The van der Waals surface area contributed by atoms with Gasteiger partial charge in [-0.3, -0.25) is 28.8 Å². The van der Waals surface area contributed by atoms with Gasteiger partial charge in [0.2, 0.25) is 35.4 Å². The first-order valence-electron chi connectivity index (χ1n) is 39.9. The largest absolute Gasteiger partial charge is 0.356 e. The van der Waals surface area contributed by atoms with Crippen LogP contribution in [0.4, 0.5) is 4.39 Å². The zero-order chi connectivity index (χ0) is 91.9. The Morgan fingerprint density at radius 2 is 0.524 bits per heavy atom. The lowest BCUT2D eigenvalue weighted by Gasteiger charge is -2.09. The van der Waals surface area contributed by atoms with Crippen molar-refractivity contribution in [3.63, 3.8) is 0 Å². The molecule has 6 rings (SSSR count). The summed E-state index contributed by atoms with van der Waals surface area (Å²) < 4.78 is 12.7. The molecule has 0 aliphatic heterocycles. The second kappa shape index (κ2) is 79.9. The van der Waals surface area contributed by atoms with Crippen molar-refractivity contribution in [3.8, 4) is 0 Å². The van der Waals surface area contributed by atoms with Crippen molar-refractivity contribution in [2.24, 2.45) is 5.73 Å². The number of carbonyl (C=O) groups excluding carboxylic acids is 6. The molecule has 6 amide bonds. The van der Waals surface area contributed by atoms with Crippen molar-refractivity contribution in [1.29, 1.82) is 0 Å². The maximum atomic E-state index is 12.7. The van der Waals surface area contributed by atoms with E-state index in [0.29, 0.717) is 112 Å². The van der Waals surface area contributed by atoms with Gasteiger partial charge >= 0.3 is 0 Å². The quantitative estimate of drug-likeness (QED) is 0.0140. The molecule has 0 unspecified atom stereocenters. The van der Waals surface area contributed by atoms with E-state index >= 15 is 0 Å². The van der Waals surface area contributed by atoms with Crippen LogP contribution in [0.3, 0.4) is 0 Å².